The molecule has 0 spiro atoms. The average Bonchev–Trinajstić information content (AvgIpc) is 2.08. The maximum Gasteiger partial charge on any atom is 0.409 e. The van der Waals surface area contributed by atoms with E-state index in [-0.39, 0.29) is 18.2 Å². The van der Waals surface area contributed by atoms with Crippen LogP contribution in [0.5, 0.6) is 0 Å². The summed E-state index contributed by atoms with van der Waals surface area (Å²) < 4.78 is 10.0. The van der Waals surface area contributed by atoms with Crippen molar-refractivity contribution in [3.8, 4) is 0 Å². The van der Waals surface area contributed by atoms with Gasteiger partial charge in [0.2, 0.25) is 0 Å². The van der Waals surface area contributed by atoms with Crippen molar-refractivity contribution in [2.45, 2.75) is 26.0 Å². The van der Waals surface area contributed by atoms with E-state index in [1.165, 1.54) is 7.11 Å². The molecule has 1 aliphatic rings. The summed E-state index contributed by atoms with van der Waals surface area (Å²) in [5, 5.41) is 0. The van der Waals surface area contributed by atoms with E-state index in [2.05, 4.69) is 4.74 Å². The highest BCUT2D eigenvalue weighted by molar-refractivity contribution is 5.67. The second-order valence-electron chi connectivity index (χ2n) is 3.12. The van der Waals surface area contributed by atoms with E-state index >= 15 is 0 Å². The Balaban J connectivity index is 2.54. The number of nitrogens with zero attached hydrogens (tertiary/aromatic N) is 1. The van der Waals surface area contributed by atoms with Crippen molar-refractivity contribution in [1.82, 2.24) is 4.90 Å². The Morgan fingerprint density at radius 1 is 1.58 bits per heavy atom. The first-order chi connectivity index (χ1) is 5.65. The summed E-state index contributed by atoms with van der Waals surface area (Å²) >= 11 is 0. The molecule has 0 aromatic carbocycles. The zero-order valence-corrected chi connectivity index (χ0v) is 7.74. The maximum atomic E-state index is 11.2. The predicted molar refractivity (Wildman–Crippen MR) is 44.0 cm³/mol. The number of methoxy groups -OCH3 is 1. The van der Waals surface area contributed by atoms with E-state index in [1.54, 1.807) is 4.90 Å². The van der Waals surface area contributed by atoms with Gasteiger partial charge in [-0.15, -0.1) is 0 Å². The van der Waals surface area contributed by atoms with Crippen molar-refractivity contribution >= 4 is 6.09 Å². The van der Waals surface area contributed by atoms with Crippen LogP contribution in [0.3, 0.4) is 0 Å². The lowest BCUT2D eigenvalue weighted by Gasteiger charge is -2.35. The molecule has 0 bridgehead atoms. The van der Waals surface area contributed by atoms with Gasteiger partial charge in [0.1, 0.15) is 0 Å². The molecule has 4 heteroatoms. The van der Waals surface area contributed by atoms with Gasteiger partial charge in [0.25, 0.3) is 0 Å². The Hall–Kier alpha value is -0.770. The third-order valence-corrected chi connectivity index (χ3v) is 2.02. The smallest absolute Gasteiger partial charge is 0.409 e. The first-order valence-electron chi connectivity index (χ1n) is 4.11. The molecule has 0 aromatic heterocycles. The van der Waals surface area contributed by atoms with Crippen LogP contribution in [-0.2, 0) is 9.47 Å². The van der Waals surface area contributed by atoms with Crippen molar-refractivity contribution in [3.05, 3.63) is 0 Å². The predicted octanol–water partition coefficient (Wildman–Crippen LogP) is 0.862. The van der Waals surface area contributed by atoms with Crippen molar-refractivity contribution in [3.63, 3.8) is 0 Å². The summed E-state index contributed by atoms with van der Waals surface area (Å²) in [4.78, 5) is 12.9. The first-order valence-corrected chi connectivity index (χ1v) is 4.11. The lowest BCUT2D eigenvalue weighted by atomic mass is 10.2. The molecule has 0 aromatic rings. The molecule has 1 aliphatic heterocycles. The quantitative estimate of drug-likeness (QED) is 0.545. The van der Waals surface area contributed by atoms with Gasteiger partial charge in [-0.25, -0.2) is 4.79 Å². The van der Waals surface area contributed by atoms with Crippen LogP contribution in [0.1, 0.15) is 13.8 Å². The molecule has 1 heterocycles. The highest BCUT2D eigenvalue weighted by Gasteiger charge is 2.27. The van der Waals surface area contributed by atoms with Gasteiger partial charge in [-0.05, 0) is 13.8 Å². The van der Waals surface area contributed by atoms with Crippen LogP contribution in [0.15, 0.2) is 0 Å². The minimum Gasteiger partial charge on any atom is -0.453 e. The van der Waals surface area contributed by atoms with Crippen LogP contribution in [0.2, 0.25) is 0 Å². The lowest BCUT2D eigenvalue weighted by Crippen LogP contribution is -2.50. The largest absolute Gasteiger partial charge is 0.453 e. The standard InChI is InChI=1S/C8H15NO3/c1-6-5-12-7(2)4-9(6)8(10)11-3/h6-7H,4-5H2,1-3H3. The van der Waals surface area contributed by atoms with E-state index in [0.717, 1.165) is 0 Å². The molecule has 0 N–H and O–H groups in total. The first kappa shape index (κ1) is 9.32. The third kappa shape index (κ3) is 1.88. The number of ether oxygens (including phenoxy) is 2. The van der Waals surface area contributed by atoms with Crippen LogP contribution in [0.25, 0.3) is 0 Å². The summed E-state index contributed by atoms with van der Waals surface area (Å²) in [7, 11) is 1.40. The zero-order chi connectivity index (χ0) is 9.14. The van der Waals surface area contributed by atoms with Gasteiger partial charge in [-0.1, -0.05) is 0 Å². The lowest BCUT2D eigenvalue weighted by molar-refractivity contribution is -0.0427. The number of amides is 1. The van der Waals surface area contributed by atoms with Crippen molar-refractivity contribution < 1.29 is 14.3 Å². The number of carbonyl (C=O) groups excluding carboxylic acids is 1. The van der Waals surface area contributed by atoms with Crippen LogP contribution in [0.4, 0.5) is 4.79 Å². The fourth-order valence-corrected chi connectivity index (χ4v) is 1.27. The summed E-state index contributed by atoms with van der Waals surface area (Å²) in [5.41, 5.74) is 0. The third-order valence-electron chi connectivity index (χ3n) is 2.02. The average molecular weight is 173 g/mol. The van der Waals surface area contributed by atoms with Gasteiger partial charge in [0, 0.05) is 0 Å². The van der Waals surface area contributed by atoms with E-state index < -0.39 is 0 Å². The second-order valence-corrected chi connectivity index (χ2v) is 3.12. The van der Waals surface area contributed by atoms with E-state index in [1.807, 2.05) is 13.8 Å². The summed E-state index contributed by atoms with van der Waals surface area (Å²) in [5.74, 6) is 0. The van der Waals surface area contributed by atoms with Gasteiger partial charge >= 0.3 is 6.09 Å². The molecule has 2 atom stereocenters. The summed E-state index contributed by atoms with van der Waals surface area (Å²) in [6.45, 7) is 5.11. The van der Waals surface area contributed by atoms with E-state index in [4.69, 9.17) is 4.74 Å². The molecule has 0 saturated carbocycles. The minimum atomic E-state index is -0.266. The molecule has 70 valence electrons. The molecule has 1 saturated heterocycles. The molecular weight excluding hydrogens is 158 g/mol. The van der Waals surface area contributed by atoms with Gasteiger partial charge in [0.05, 0.1) is 32.4 Å². The number of hydrogen-bond donors (Lipinski definition) is 0. The van der Waals surface area contributed by atoms with E-state index in [9.17, 15) is 4.79 Å². The van der Waals surface area contributed by atoms with E-state index in [0.29, 0.717) is 13.2 Å². The topological polar surface area (TPSA) is 38.8 Å². The Morgan fingerprint density at radius 2 is 2.25 bits per heavy atom. The molecule has 0 aliphatic carbocycles. The maximum absolute atomic E-state index is 11.2. The monoisotopic (exact) mass is 173 g/mol. The highest BCUT2D eigenvalue weighted by atomic mass is 16.5. The fourth-order valence-electron chi connectivity index (χ4n) is 1.27. The molecule has 12 heavy (non-hydrogen) atoms. The number of morpholine rings is 1. The van der Waals surface area contributed by atoms with Crippen LogP contribution in [-0.4, -0.2) is 43.4 Å². The summed E-state index contributed by atoms with van der Waals surface area (Å²) in [6.07, 6.45) is -0.155. The van der Waals surface area contributed by atoms with Crippen LogP contribution < -0.4 is 0 Å². The van der Waals surface area contributed by atoms with Crippen molar-refractivity contribution in [1.29, 1.82) is 0 Å². The van der Waals surface area contributed by atoms with Gasteiger partial charge in [0.15, 0.2) is 0 Å². The SMILES string of the molecule is COC(=O)N1CC(C)OCC1C. The van der Waals surface area contributed by atoms with Crippen molar-refractivity contribution in [2.24, 2.45) is 0 Å². The molecule has 1 rings (SSSR count). The minimum absolute atomic E-state index is 0.111. The highest BCUT2D eigenvalue weighted by Crippen LogP contribution is 2.11. The molecule has 0 radical (unpaired) electrons. The van der Waals surface area contributed by atoms with Gasteiger partial charge < -0.3 is 14.4 Å². The molecule has 2 unspecified atom stereocenters. The van der Waals surface area contributed by atoms with Crippen LogP contribution >= 0.6 is 0 Å². The van der Waals surface area contributed by atoms with Gasteiger partial charge in [-0.3, -0.25) is 0 Å². The zero-order valence-electron chi connectivity index (χ0n) is 7.74. The molecule has 1 amide bonds. The molecular formula is C8H15NO3. The van der Waals surface area contributed by atoms with Crippen molar-refractivity contribution in [2.75, 3.05) is 20.3 Å². The Labute approximate surface area is 72.4 Å². The Morgan fingerprint density at radius 3 is 2.83 bits per heavy atom. The number of carbonyl (C=O) groups is 1. The Kier molecular flexibility index (Phi) is 2.92. The fraction of sp³-hybridized carbons (Fsp3) is 0.875. The Bertz CT molecular complexity index is 172. The normalized spacial score (nSPS) is 30.1. The number of hydrogen-bond acceptors (Lipinski definition) is 3. The summed E-state index contributed by atoms with van der Waals surface area (Å²) in [6, 6.07) is 0.119. The molecule has 4 nitrogen and oxygen atoms in total. The molecule has 1 fully saturated rings. The second kappa shape index (κ2) is 3.76. The number of rotatable bonds is 0. The van der Waals surface area contributed by atoms with Gasteiger partial charge in [-0.2, -0.15) is 0 Å². The van der Waals surface area contributed by atoms with Crippen LogP contribution in [0, 0.1) is 0 Å².